The Morgan fingerprint density at radius 1 is 0.358 bits per heavy atom. The van der Waals surface area contributed by atoms with Gasteiger partial charge in [0.1, 0.15) is 5.52 Å². The molecule has 4 heteroatoms. The van der Waals surface area contributed by atoms with E-state index in [1.54, 1.807) is 0 Å². The van der Waals surface area contributed by atoms with E-state index < -0.39 is 0 Å². The molecule has 0 aliphatic rings. The summed E-state index contributed by atoms with van der Waals surface area (Å²) < 4.78 is 6.46. The average Bonchev–Trinajstić information content (AvgIpc) is 3.68. The molecule has 10 aromatic rings. The first kappa shape index (κ1) is 30.6. The molecular formula is C49H33N3O. The molecule has 0 saturated heterocycles. The van der Waals surface area contributed by atoms with E-state index in [-0.39, 0.29) is 0 Å². The van der Waals surface area contributed by atoms with Gasteiger partial charge < -0.3 is 14.2 Å². The maximum atomic E-state index is 6.46. The SMILES string of the molecule is c1ccc(-c2nc3c(ccc4c(N(c5ccccc5)c5ccc6ccccc6c5)cc(N(c5ccccc5)c5ccc6ccccc6c5)cc43)o2)cc1. The maximum absolute atomic E-state index is 6.46. The molecule has 0 bridgehead atoms. The van der Waals surface area contributed by atoms with Crippen LogP contribution in [0.25, 0.3) is 54.9 Å². The molecule has 0 aliphatic carbocycles. The van der Waals surface area contributed by atoms with Crippen LogP contribution in [-0.4, -0.2) is 4.98 Å². The Morgan fingerprint density at radius 3 is 1.51 bits per heavy atom. The number of hydrogen-bond donors (Lipinski definition) is 0. The van der Waals surface area contributed by atoms with Crippen molar-refractivity contribution in [1.82, 2.24) is 4.98 Å². The molecule has 4 nitrogen and oxygen atoms in total. The van der Waals surface area contributed by atoms with Crippen molar-refractivity contribution in [2.45, 2.75) is 0 Å². The van der Waals surface area contributed by atoms with Gasteiger partial charge in [-0.15, -0.1) is 0 Å². The van der Waals surface area contributed by atoms with Crippen LogP contribution in [0.15, 0.2) is 205 Å². The van der Waals surface area contributed by atoms with Crippen molar-refractivity contribution < 1.29 is 4.42 Å². The molecule has 1 heterocycles. The van der Waals surface area contributed by atoms with Gasteiger partial charge in [0, 0.05) is 44.8 Å². The van der Waals surface area contributed by atoms with Crippen molar-refractivity contribution in [3.63, 3.8) is 0 Å². The third-order valence-electron chi connectivity index (χ3n) is 9.98. The first-order valence-electron chi connectivity index (χ1n) is 17.9. The first-order chi connectivity index (χ1) is 26.3. The second-order valence-electron chi connectivity index (χ2n) is 13.3. The summed E-state index contributed by atoms with van der Waals surface area (Å²) in [5.41, 5.74) is 8.79. The van der Waals surface area contributed by atoms with E-state index in [0.29, 0.717) is 5.89 Å². The van der Waals surface area contributed by atoms with Gasteiger partial charge in [-0.2, -0.15) is 0 Å². The van der Waals surface area contributed by atoms with Crippen LogP contribution in [0.1, 0.15) is 0 Å². The summed E-state index contributed by atoms with van der Waals surface area (Å²) in [6.45, 7) is 0. The predicted octanol–water partition coefficient (Wildman–Crippen LogP) is 13.9. The van der Waals surface area contributed by atoms with Gasteiger partial charge in [0.25, 0.3) is 0 Å². The van der Waals surface area contributed by atoms with Gasteiger partial charge >= 0.3 is 0 Å². The third kappa shape index (κ3) is 5.54. The number of nitrogens with zero attached hydrogens (tertiary/aromatic N) is 3. The zero-order valence-corrected chi connectivity index (χ0v) is 28.8. The second kappa shape index (κ2) is 12.9. The lowest BCUT2D eigenvalue weighted by atomic mass is 10.0. The molecule has 0 fully saturated rings. The van der Waals surface area contributed by atoms with Gasteiger partial charge in [-0.1, -0.05) is 115 Å². The highest BCUT2D eigenvalue weighted by Gasteiger charge is 2.23. The van der Waals surface area contributed by atoms with Crippen molar-refractivity contribution in [2.75, 3.05) is 9.80 Å². The number of fused-ring (bicyclic) bond motifs is 5. The summed E-state index contributed by atoms with van der Waals surface area (Å²) >= 11 is 0. The highest BCUT2D eigenvalue weighted by Crippen LogP contribution is 2.46. The first-order valence-corrected chi connectivity index (χ1v) is 17.9. The topological polar surface area (TPSA) is 32.5 Å². The van der Waals surface area contributed by atoms with Crippen LogP contribution < -0.4 is 9.80 Å². The van der Waals surface area contributed by atoms with Gasteiger partial charge in [0.2, 0.25) is 5.89 Å². The Morgan fingerprint density at radius 2 is 0.887 bits per heavy atom. The fraction of sp³-hybridized carbons (Fsp3) is 0. The molecular weight excluding hydrogens is 647 g/mol. The molecule has 0 saturated carbocycles. The standard InChI is InChI=1S/C49H33N3O/c1-4-16-36(17-5-1)49-50-48-45-32-43(51(39-20-6-2-7-21-39)41-26-24-34-14-10-12-18-37(34)30-41)33-46(44(45)28-29-47(48)53-49)52(40-22-8-3-9-23-40)42-27-25-35-15-11-13-19-38(35)31-42/h1-33H. The minimum atomic E-state index is 0.601. The lowest BCUT2D eigenvalue weighted by Gasteiger charge is -2.31. The molecule has 0 aliphatic heterocycles. The van der Waals surface area contributed by atoms with Crippen LogP contribution in [0.2, 0.25) is 0 Å². The summed E-state index contributed by atoms with van der Waals surface area (Å²) in [5.74, 6) is 0.601. The fourth-order valence-corrected chi connectivity index (χ4v) is 7.47. The largest absolute Gasteiger partial charge is 0.436 e. The lowest BCUT2D eigenvalue weighted by molar-refractivity contribution is 0.620. The zero-order valence-electron chi connectivity index (χ0n) is 28.8. The van der Waals surface area contributed by atoms with Crippen LogP contribution in [-0.2, 0) is 0 Å². The molecule has 250 valence electrons. The van der Waals surface area contributed by atoms with Gasteiger partial charge in [0.05, 0.1) is 5.69 Å². The summed E-state index contributed by atoms with van der Waals surface area (Å²) in [6, 6.07) is 70.6. The number of aromatic nitrogens is 1. The van der Waals surface area contributed by atoms with Crippen molar-refractivity contribution in [3.05, 3.63) is 200 Å². The smallest absolute Gasteiger partial charge is 0.227 e. The van der Waals surface area contributed by atoms with Crippen molar-refractivity contribution in [1.29, 1.82) is 0 Å². The van der Waals surface area contributed by atoms with E-state index in [1.165, 1.54) is 21.5 Å². The Kier molecular flexibility index (Phi) is 7.43. The average molecular weight is 680 g/mol. The van der Waals surface area contributed by atoms with E-state index in [4.69, 9.17) is 9.40 Å². The maximum Gasteiger partial charge on any atom is 0.227 e. The number of rotatable bonds is 7. The summed E-state index contributed by atoms with van der Waals surface area (Å²) in [6.07, 6.45) is 0. The van der Waals surface area contributed by atoms with Crippen molar-refractivity contribution in [2.24, 2.45) is 0 Å². The molecule has 10 rings (SSSR count). The van der Waals surface area contributed by atoms with Crippen molar-refractivity contribution >= 4 is 77.5 Å². The summed E-state index contributed by atoms with van der Waals surface area (Å²) in [4.78, 5) is 9.89. The fourth-order valence-electron chi connectivity index (χ4n) is 7.47. The molecule has 0 unspecified atom stereocenters. The molecule has 0 atom stereocenters. The van der Waals surface area contributed by atoms with E-state index in [2.05, 4.69) is 180 Å². The Balaban J connectivity index is 1.29. The van der Waals surface area contributed by atoms with Crippen LogP contribution in [0.5, 0.6) is 0 Å². The number of para-hydroxylation sites is 2. The van der Waals surface area contributed by atoms with Gasteiger partial charge in [-0.25, -0.2) is 4.98 Å². The van der Waals surface area contributed by atoms with Crippen LogP contribution in [0, 0.1) is 0 Å². The number of oxazole rings is 1. The quantitative estimate of drug-likeness (QED) is 0.168. The third-order valence-corrected chi connectivity index (χ3v) is 9.98. The van der Waals surface area contributed by atoms with Gasteiger partial charge in [0.15, 0.2) is 5.58 Å². The van der Waals surface area contributed by atoms with E-state index >= 15 is 0 Å². The van der Waals surface area contributed by atoms with Crippen LogP contribution in [0.4, 0.5) is 34.1 Å². The normalized spacial score (nSPS) is 11.4. The number of hydrogen-bond acceptors (Lipinski definition) is 4. The van der Waals surface area contributed by atoms with Crippen LogP contribution in [0.3, 0.4) is 0 Å². The monoisotopic (exact) mass is 679 g/mol. The lowest BCUT2D eigenvalue weighted by Crippen LogP contribution is -2.14. The molecule has 0 N–H and O–H groups in total. The zero-order chi connectivity index (χ0) is 35.1. The van der Waals surface area contributed by atoms with E-state index in [9.17, 15) is 0 Å². The van der Waals surface area contributed by atoms with E-state index in [1.807, 2.05) is 30.3 Å². The summed E-state index contributed by atoms with van der Waals surface area (Å²) in [5, 5.41) is 6.84. The Hall–Kier alpha value is -7.17. The molecule has 9 aromatic carbocycles. The molecule has 53 heavy (non-hydrogen) atoms. The highest BCUT2D eigenvalue weighted by atomic mass is 16.3. The number of anilines is 6. The minimum absolute atomic E-state index is 0.601. The van der Waals surface area contributed by atoms with Crippen LogP contribution >= 0.6 is 0 Å². The predicted molar refractivity (Wildman–Crippen MR) is 221 cm³/mol. The Bertz CT molecular complexity index is 2900. The number of benzene rings is 9. The highest BCUT2D eigenvalue weighted by molar-refractivity contribution is 6.13. The minimum Gasteiger partial charge on any atom is -0.436 e. The summed E-state index contributed by atoms with van der Waals surface area (Å²) in [7, 11) is 0. The van der Waals surface area contributed by atoms with Gasteiger partial charge in [-0.05, 0) is 106 Å². The van der Waals surface area contributed by atoms with E-state index in [0.717, 1.165) is 61.6 Å². The molecule has 0 radical (unpaired) electrons. The second-order valence-corrected chi connectivity index (χ2v) is 13.3. The van der Waals surface area contributed by atoms with Gasteiger partial charge in [-0.3, -0.25) is 0 Å². The molecule has 0 amide bonds. The van der Waals surface area contributed by atoms with Crippen molar-refractivity contribution in [3.8, 4) is 11.5 Å². The molecule has 0 spiro atoms. The molecule has 1 aromatic heterocycles. The Labute approximate surface area is 307 Å².